The van der Waals surface area contributed by atoms with Crippen molar-refractivity contribution in [1.29, 1.82) is 0 Å². The lowest BCUT2D eigenvalue weighted by Gasteiger charge is -2.10. The van der Waals surface area contributed by atoms with Gasteiger partial charge in [-0.25, -0.2) is 4.39 Å². The van der Waals surface area contributed by atoms with Crippen LogP contribution in [0.5, 0.6) is 0 Å². The summed E-state index contributed by atoms with van der Waals surface area (Å²) in [4.78, 5) is 10.7. The summed E-state index contributed by atoms with van der Waals surface area (Å²) >= 11 is 2.74. The van der Waals surface area contributed by atoms with Crippen molar-refractivity contribution in [2.24, 2.45) is 5.73 Å². The van der Waals surface area contributed by atoms with Crippen LogP contribution in [0, 0.1) is 5.82 Å². The number of halogens is 5. The second-order valence-electron chi connectivity index (χ2n) is 2.65. The maximum absolute atomic E-state index is 13.2. The zero-order valence-corrected chi connectivity index (χ0v) is 8.62. The van der Waals surface area contributed by atoms with Gasteiger partial charge in [0.25, 0.3) is 5.91 Å². The van der Waals surface area contributed by atoms with Gasteiger partial charge >= 0.3 is 6.18 Å². The van der Waals surface area contributed by atoms with Gasteiger partial charge in [-0.3, -0.25) is 4.79 Å². The molecule has 0 bridgehead atoms. The third-order valence-corrected chi connectivity index (χ3v) is 2.30. The highest BCUT2D eigenvalue weighted by Crippen LogP contribution is 2.34. The highest BCUT2D eigenvalue weighted by Gasteiger charge is 2.36. The molecular formula is C8H4BrF4NO. The standard InChI is InChI=1S/C8H4BrF4NO/c9-4-2-1-3(8(11,12)13)6(10)5(4)7(14)15/h1-2H,(H2,14,15). The van der Waals surface area contributed by atoms with Crippen LogP contribution in [0.3, 0.4) is 0 Å². The normalized spacial score (nSPS) is 11.5. The average molecular weight is 286 g/mol. The summed E-state index contributed by atoms with van der Waals surface area (Å²) in [6.07, 6.45) is -4.85. The highest BCUT2D eigenvalue weighted by molar-refractivity contribution is 9.10. The maximum atomic E-state index is 13.2. The van der Waals surface area contributed by atoms with Crippen molar-refractivity contribution in [2.45, 2.75) is 6.18 Å². The molecule has 1 rings (SSSR count). The molecule has 82 valence electrons. The first kappa shape index (κ1) is 12.0. The molecule has 0 aliphatic rings. The second-order valence-corrected chi connectivity index (χ2v) is 3.50. The van der Waals surface area contributed by atoms with E-state index in [9.17, 15) is 22.4 Å². The lowest BCUT2D eigenvalue weighted by Crippen LogP contribution is -2.18. The van der Waals surface area contributed by atoms with Crippen LogP contribution in [0.1, 0.15) is 15.9 Å². The van der Waals surface area contributed by atoms with Crippen LogP contribution in [0.15, 0.2) is 16.6 Å². The third kappa shape index (κ3) is 2.28. The van der Waals surface area contributed by atoms with Crippen molar-refractivity contribution in [3.63, 3.8) is 0 Å². The number of alkyl halides is 3. The molecule has 0 spiro atoms. The van der Waals surface area contributed by atoms with Gasteiger partial charge in [0.05, 0.1) is 11.1 Å². The van der Waals surface area contributed by atoms with Gasteiger partial charge in [0.1, 0.15) is 5.82 Å². The van der Waals surface area contributed by atoms with E-state index in [0.717, 1.165) is 6.07 Å². The molecule has 1 amide bonds. The van der Waals surface area contributed by atoms with Crippen molar-refractivity contribution in [2.75, 3.05) is 0 Å². The van der Waals surface area contributed by atoms with Crippen molar-refractivity contribution >= 4 is 21.8 Å². The van der Waals surface area contributed by atoms with Gasteiger partial charge in [-0.2, -0.15) is 13.2 Å². The van der Waals surface area contributed by atoms with Gasteiger partial charge in [0.15, 0.2) is 0 Å². The van der Waals surface area contributed by atoms with E-state index in [-0.39, 0.29) is 4.47 Å². The van der Waals surface area contributed by atoms with Gasteiger partial charge in [0.2, 0.25) is 0 Å². The Morgan fingerprint density at radius 2 is 1.87 bits per heavy atom. The fourth-order valence-electron chi connectivity index (χ4n) is 0.997. The Labute approximate surface area is 90.2 Å². The number of rotatable bonds is 1. The summed E-state index contributed by atoms with van der Waals surface area (Å²) in [5.41, 5.74) is 2.44. The number of nitrogens with two attached hydrogens (primary N) is 1. The molecule has 0 saturated heterocycles. The zero-order chi connectivity index (χ0) is 11.8. The molecule has 0 atom stereocenters. The molecule has 0 aromatic heterocycles. The lowest BCUT2D eigenvalue weighted by molar-refractivity contribution is -0.140. The van der Waals surface area contributed by atoms with Gasteiger partial charge < -0.3 is 5.73 Å². The van der Waals surface area contributed by atoms with E-state index in [1.165, 1.54) is 0 Å². The van der Waals surface area contributed by atoms with Gasteiger partial charge in [-0.15, -0.1) is 0 Å². The van der Waals surface area contributed by atoms with E-state index in [1.807, 2.05) is 0 Å². The third-order valence-electron chi connectivity index (χ3n) is 1.64. The van der Waals surface area contributed by atoms with E-state index in [0.29, 0.717) is 6.07 Å². The molecule has 1 aromatic carbocycles. The number of carbonyl (C=O) groups is 1. The van der Waals surface area contributed by atoms with Gasteiger partial charge in [-0.05, 0) is 28.1 Å². The SMILES string of the molecule is NC(=O)c1c(Br)ccc(C(F)(F)F)c1F. The Hall–Kier alpha value is -1.11. The maximum Gasteiger partial charge on any atom is 0.419 e. The molecule has 0 heterocycles. The molecule has 0 radical (unpaired) electrons. The minimum absolute atomic E-state index is 0.111. The number of hydrogen-bond donors (Lipinski definition) is 1. The summed E-state index contributed by atoms with van der Waals surface area (Å²) in [7, 11) is 0. The zero-order valence-electron chi connectivity index (χ0n) is 7.03. The minimum Gasteiger partial charge on any atom is -0.365 e. The fraction of sp³-hybridized carbons (Fsp3) is 0.125. The monoisotopic (exact) mass is 285 g/mol. The molecule has 0 aliphatic heterocycles. The second kappa shape index (κ2) is 3.80. The predicted octanol–water partition coefficient (Wildman–Crippen LogP) is 2.71. The van der Waals surface area contributed by atoms with Crippen molar-refractivity contribution in [1.82, 2.24) is 0 Å². The van der Waals surface area contributed by atoms with Crippen molar-refractivity contribution in [3.05, 3.63) is 33.5 Å². The topological polar surface area (TPSA) is 43.1 Å². The quantitative estimate of drug-likeness (QED) is 0.792. The molecule has 0 saturated carbocycles. The lowest BCUT2D eigenvalue weighted by atomic mass is 10.1. The van der Waals surface area contributed by atoms with E-state index in [4.69, 9.17) is 5.73 Å². The summed E-state index contributed by atoms with van der Waals surface area (Å²) in [5.74, 6) is -2.92. The van der Waals surface area contributed by atoms with Crippen LogP contribution >= 0.6 is 15.9 Å². The van der Waals surface area contributed by atoms with Gasteiger partial charge in [-0.1, -0.05) is 0 Å². The van der Waals surface area contributed by atoms with Crippen molar-refractivity contribution < 1.29 is 22.4 Å². The first-order chi connectivity index (χ1) is 6.75. The Bertz CT molecular complexity index is 416. The van der Waals surface area contributed by atoms with Crippen molar-refractivity contribution in [3.8, 4) is 0 Å². The Kier molecular flexibility index (Phi) is 3.03. The molecule has 2 nitrogen and oxygen atoms in total. The number of amides is 1. The van der Waals surface area contributed by atoms with Crippen LogP contribution in [0.25, 0.3) is 0 Å². The molecule has 2 N–H and O–H groups in total. The van der Waals surface area contributed by atoms with Crippen LogP contribution in [-0.2, 0) is 6.18 Å². The summed E-state index contributed by atoms with van der Waals surface area (Å²) < 4.78 is 49.8. The van der Waals surface area contributed by atoms with Crippen LogP contribution < -0.4 is 5.73 Å². The summed E-state index contributed by atoms with van der Waals surface area (Å²) in [6.45, 7) is 0. The molecular weight excluding hydrogens is 282 g/mol. The highest BCUT2D eigenvalue weighted by atomic mass is 79.9. The Balaban J connectivity index is 3.49. The summed E-state index contributed by atoms with van der Waals surface area (Å²) in [5, 5.41) is 0. The molecule has 0 aliphatic carbocycles. The van der Waals surface area contributed by atoms with Crippen LogP contribution in [0.2, 0.25) is 0 Å². The largest absolute Gasteiger partial charge is 0.419 e. The number of hydrogen-bond acceptors (Lipinski definition) is 1. The average Bonchev–Trinajstić information content (AvgIpc) is 2.00. The van der Waals surface area contributed by atoms with E-state index in [2.05, 4.69) is 15.9 Å². The number of benzene rings is 1. The predicted molar refractivity (Wildman–Crippen MR) is 47.6 cm³/mol. The molecule has 1 aromatic rings. The molecule has 0 fully saturated rings. The van der Waals surface area contributed by atoms with E-state index in [1.54, 1.807) is 0 Å². The molecule has 7 heteroatoms. The minimum atomic E-state index is -4.85. The molecule has 0 unspecified atom stereocenters. The Morgan fingerprint density at radius 1 is 1.33 bits per heavy atom. The van der Waals surface area contributed by atoms with Crippen LogP contribution in [-0.4, -0.2) is 5.91 Å². The first-order valence-corrected chi connectivity index (χ1v) is 4.39. The van der Waals surface area contributed by atoms with E-state index >= 15 is 0 Å². The fourth-order valence-corrected chi connectivity index (χ4v) is 1.50. The molecule has 15 heavy (non-hydrogen) atoms. The van der Waals surface area contributed by atoms with Crippen LogP contribution in [0.4, 0.5) is 17.6 Å². The first-order valence-electron chi connectivity index (χ1n) is 3.60. The van der Waals surface area contributed by atoms with Gasteiger partial charge in [0, 0.05) is 4.47 Å². The smallest absolute Gasteiger partial charge is 0.365 e. The summed E-state index contributed by atoms with van der Waals surface area (Å²) in [6, 6.07) is 1.46. The number of carbonyl (C=O) groups excluding carboxylic acids is 1. The van der Waals surface area contributed by atoms with E-state index < -0.39 is 29.0 Å². The number of primary amides is 1. The Morgan fingerprint density at radius 3 is 2.27 bits per heavy atom.